The number of hydrogen-bond acceptors (Lipinski definition) is 7. The number of ether oxygens (including phenoxy) is 1. The van der Waals surface area contributed by atoms with E-state index in [1.807, 2.05) is 6.92 Å². The quantitative estimate of drug-likeness (QED) is 0.425. The number of aliphatic hydroxyl groups excluding tert-OH is 3. The molecule has 4 aliphatic carbocycles. The molecule has 4 fully saturated rings. The minimum atomic E-state index is -1.69. The Hall–Kier alpha value is -0.730. The molecule has 2 bridgehead atoms. The maximum atomic E-state index is 12.7. The van der Waals surface area contributed by atoms with E-state index in [1.165, 1.54) is 7.11 Å². The van der Waals surface area contributed by atoms with Gasteiger partial charge in [-0.15, -0.1) is 0 Å². The van der Waals surface area contributed by atoms with Crippen molar-refractivity contribution >= 4 is 5.97 Å². The first-order chi connectivity index (χ1) is 12.9. The Kier molecular flexibility index (Phi) is 4.34. The fourth-order valence-corrected chi connectivity index (χ4v) is 8.34. The van der Waals surface area contributed by atoms with Gasteiger partial charge in [0.15, 0.2) is 0 Å². The molecule has 7 nitrogen and oxygen atoms in total. The highest BCUT2D eigenvalue weighted by Gasteiger charge is 2.77. The number of carbonyl (C=O) groups excluding carboxylic acids is 1. The fourth-order valence-electron chi connectivity index (χ4n) is 8.34. The molecule has 0 saturated heterocycles. The van der Waals surface area contributed by atoms with Crippen LogP contribution in [0.1, 0.15) is 58.8 Å². The van der Waals surface area contributed by atoms with Gasteiger partial charge in [0.1, 0.15) is 5.60 Å². The molecule has 0 heterocycles. The van der Waals surface area contributed by atoms with Gasteiger partial charge in [0, 0.05) is 11.3 Å². The molecule has 7 heteroatoms. The number of aliphatic hydroxyl groups is 5. The molecule has 4 saturated carbocycles. The molecule has 0 radical (unpaired) electrons. The SMILES string of the molecule is COC(=O)[C@]1(C)CCC[C@@]2(C)[C@@H]3CC[C@]4(O)C[C@]3(C[C@]4(O)CO)[C@@H](O)[C@@H](O)[C@@H]21. The summed E-state index contributed by atoms with van der Waals surface area (Å²) in [4.78, 5) is 12.7. The summed E-state index contributed by atoms with van der Waals surface area (Å²) in [6.07, 6.45) is 0.944. The van der Waals surface area contributed by atoms with Crippen molar-refractivity contribution in [2.24, 2.45) is 28.1 Å². The Morgan fingerprint density at radius 2 is 1.79 bits per heavy atom. The van der Waals surface area contributed by atoms with E-state index in [1.54, 1.807) is 0 Å². The number of esters is 1. The van der Waals surface area contributed by atoms with Crippen LogP contribution in [-0.4, -0.2) is 68.6 Å². The second-order valence-corrected chi connectivity index (χ2v) is 10.6. The van der Waals surface area contributed by atoms with Gasteiger partial charge in [0.2, 0.25) is 0 Å². The highest BCUT2D eigenvalue weighted by Crippen LogP contribution is 2.73. The van der Waals surface area contributed by atoms with Crippen molar-refractivity contribution in [2.45, 2.75) is 82.2 Å². The average Bonchev–Trinajstić information content (AvgIpc) is 2.82. The minimum absolute atomic E-state index is 0.0488. The van der Waals surface area contributed by atoms with E-state index < -0.39 is 52.2 Å². The van der Waals surface area contributed by atoms with Crippen molar-refractivity contribution in [1.82, 2.24) is 0 Å². The van der Waals surface area contributed by atoms with Gasteiger partial charge < -0.3 is 30.3 Å². The third kappa shape index (κ3) is 2.15. The van der Waals surface area contributed by atoms with Crippen LogP contribution in [0.4, 0.5) is 0 Å². The van der Waals surface area contributed by atoms with Gasteiger partial charge in [-0.3, -0.25) is 4.79 Å². The summed E-state index contributed by atoms with van der Waals surface area (Å²) in [7, 11) is 1.35. The van der Waals surface area contributed by atoms with Crippen molar-refractivity contribution in [3.8, 4) is 0 Å². The lowest BCUT2D eigenvalue weighted by molar-refractivity contribution is -0.261. The smallest absolute Gasteiger partial charge is 0.311 e. The van der Waals surface area contributed by atoms with E-state index in [9.17, 15) is 30.3 Å². The maximum absolute atomic E-state index is 12.7. The monoisotopic (exact) mass is 398 g/mol. The largest absolute Gasteiger partial charge is 0.469 e. The summed E-state index contributed by atoms with van der Waals surface area (Å²) in [6, 6.07) is 0. The van der Waals surface area contributed by atoms with Gasteiger partial charge in [-0.05, 0) is 56.8 Å². The first kappa shape index (κ1) is 20.5. The van der Waals surface area contributed by atoms with Crippen LogP contribution in [0.2, 0.25) is 0 Å². The van der Waals surface area contributed by atoms with Gasteiger partial charge in [-0.2, -0.15) is 0 Å². The Morgan fingerprint density at radius 1 is 1.11 bits per heavy atom. The summed E-state index contributed by atoms with van der Waals surface area (Å²) in [5.74, 6) is -0.911. The van der Waals surface area contributed by atoms with Crippen molar-refractivity contribution in [1.29, 1.82) is 0 Å². The molecule has 0 aromatic heterocycles. The van der Waals surface area contributed by atoms with E-state index in [4.69, 9.17) is 4.74 Å². The highest BCUT2D eigenvalue weighted by atomic mass is 16.5. The molecule has 0 aliphatic heterocycles. The Morgan fingerprint density at radius 3 is 2.39 bits per heavy atom. The van der Waals surface area contributed by atoms with E-state index >= 15 is 0 Å². The Balaban J connectivity index is 1.84. The lowest BCUT2D eigenvalue weighted by Gasteiger charge is -2.66. The van der Waals surface area contributed by atoms with Crippen LogP contribution in [-0.2, 0) is 9.53 Å². The van der Waals surface area contributed by atoms with E-state index in [2.05, 4.69) is 6.92 Å². The highest BCUT2D eigenvalue weighted by molar-refractivity contribution is 5.77. The number of rotatable bonds is 2. The normalized spacial score (nSPS) is 58.0. The van der Waals surface area contributed by atoms with Crippen LogP contribution in [0.15, 0.2) is 0 Å². The Labute approximate surface area is 165 Å². The third-order valence-electron chi connectivity index (χ3n) is 9.42. The van der Waals surface area contributed by atoms with Gasteiger partial charge in [-0.25, -0.2) is 0 Å². The topological polar surface area (TPSA) is 127 Å². The fraction of sp³-hybridized carbons (Fsp3) is 0.952. The molecule has 160 valence electrons. The molecule has 0 aromatic carbocycles. The predicted molar refractivity (Wildman–Crippen MR) is 99.0 cm³/mol. The molecular formula is C21H34O7. The van der Waals surface area contributed by atoms with Gasteiger partial charge in [-0.1, -0.05) is 13.3 Å². The van der Waals surface area contributed by atoms with Crippen LogP contribution in [0, 0.1) is 28.1 Å². The predicted octanol–water partition coefficient (Wildman–Crippen LogP) is 0.352. The average molecular weight is 398 g/mol. The van der Waals surface area contributed by atoms with Crippen LogP contribution >= 0.6 is 0 Å². The summed E-state index contributed by atoms with van der Waals surface area (Å²) in [6.45, 7) is 3.33. The molecule has 5 N–H and O–H groups in total. The Bertz CT molecular complexity index is 682. The minimum Gasteiger partial charge on any atom is -0.469 e. The standard InChI is InChI=1S/C21H34O7/c1-17-6-4-7-18(2,16(25)28-3)14(17)13(23)15(24)19-9-20(26,8-5-12(17)19)21(27,10-19)11-22/h12-15,22-24,26-27H,4-11H2,1-3H3/t12-,13-,14-,15-,17-,18+,19+,20-,21-/m0/s1. The molecule has 0 amide bonds. The molecular weight excluding hydrogens is 364 g/mol. The second-order valence-electron chi connectivity index (χ2n) is 10.6. The zero-order chi connectivity index (χ0) is 20.8. The van der Waals surface area contributed by atoms with Crippen molar-refractivity contribution in [2.75, 3.05) is 13.7 Å². The number of carbonyl (C=O) groups is 1. The van der Waals surface area contributed by atoms with Crippen molar-refractivity contribution in [3.63, 3.8) is 0 Å². The second kappa shape index (κ2) is 5.91. The van der Waals surface area contributed by atoms with Crippen LogP contribution in [0.3, 0.4) is 0 Å². The molecule has 9 atom stereocenters. The number of fused-ring (bicyclic) bond motifs is 3. The molecule has 4 rings (SSSR count). The van der Waals surface area contributed by atoms with Crippen molar-refractivity contribution < 1.29 is 35.1 Å². The van der Waals surface area contributed by atoms with Gasteiger partial charge in [0.25, 0.3) is 0 Å². The van der Waals surface area contributed by atoms with E-state index in [0.717, 1.165) is 12.8 Å². The van der Waals surface area contributed by atoms with Crippen molar-refractivity contribution in [3.05, 3.63) is 0 Å². The lowest BCUT2D eigenvalue weighted by Crippen LogP contribution is -2.69. The molecule has 28 heavy (non-hydrogen) atoms. The van der Waals surface area contributed by atoms with E-state index in [-0.39, 0.29) is 24.7 Å². The summed E-state index contributed by atoms with van der Waals surface area (Å²) in [5.41, 5.74) is -5.39. The summed E-state index contributed by atoms with van der Waals surface area (Å²) >= 11 is 0. The van der Waals surface area contributed by atoms with E-state index in [0.29, 0.717) is 19.3 Å². The molecule has 0 unspecified atom stereocenters. The van der Waals surface area contributed by atoms with Crippen LogP contribution in [0.5, 0.6) is 0 Å². The third-order valence-corrected chi connectivity index (χ3v) is 9.42. The zero-order valence-corrected chi connectivity index (χ0v) is 17.0. The van der Waals surface area contributed by atoms with Gasteiger partial charge in [0.05, 0.1) is 36.9 Å². The maximum Gasteiger partial charge on any atom is 0.311 e. The first-order valence-corrected chi connectivity index (χ1v) is 10.4. The van der Waals surface area contributed by atoms with Crippen LogP contribution in [0.25, 0.3) is 0 Å². The number of methoxy groups -OCH3 is 1. The first-order valence-electron chi connectivity index (χ1n) is 10.4. The summed E-state index contributed by atoms with van der Waals surface area (Å²) in [5, 5.41) is 54.6. The zero-order valence-electron chi connectivity index (χ0n) is 17.0. The molecule has 0 aromatic rings. The van der Waals surface area contributed by atoms with Crippen LogP contribution < -0.4 is 0 Å². The summed E-state index contributed by atoms with van der Waals surface area (Å²) < 4.78 is 5.09. The number of hydrogen-bond donors (Lipinski definition) is 5. The lowest BCUT2D eigenvalue weighted by atomic mass is 9.39. The molecule has 4 aliphatic rings. The van der Waals surface area contributed by atoms with Gasteiger partial charge >= 0.3 is 5.97 Å². The molecule has 1 spiro atoms.